The Kier molecular flexibility index (Phi) is 7.11. The van der Waals surface area contributed by atoms with E-state index in [0.29, 0.717) is 30.6 Å². The number of aliphatic hydroxyl groups is 2. The monoisotopic (exact) mass is 425 g/mol. The molecule has 31 heavy (non-hydrogen) atoms. The molecule has 0 unspecified atom stereocenters. The van der Waals surface area contributed by atoms with Gasteiger partial charge in [0.05, 0.1) is 23.1 Å². The van der Waals surface area contributed by atoms with Crippen molar-refractivity contribution in [1.82, 2.24) is 10.2 Å². The maximum atomic E-state index is 12.9. The van der Waals surface area contributed by atoms with Crippen LogP contribution in [-0.4, -0.2) is 58.0 Å². The summed E-state index contributed by atoms with van der Waals surface area (Å²) in [5, 5.41) is 34.0. The Balaban J connectivity index is 2.04. The molecule has 162 valence electrons. The SMILES string of the molecule is O=C1C(=O)N(CCCNCCO)[C@H](c2cccc([N+](=O)[O-])c2)C1=C(O)c1ccccc1. The van der Waals surface area contributed by atoms with Crippen LogP contribution < -0.4 is 5.32 Å². The first-order valence-electron chi connectivity index (χ1n) is 9.85. The number of carbonyl (C=O) groups is 2. The van der Waals surface area contributed by atoms with Gasteiger partial charge in [0.2, 0.25) is 0 Å². The quantitative estimate of drug-likeness (QED) is 0.140. The predicted molar refractivity (Wildman–Crippen MR) is 113 cm³/mol. The number of nitro groups is 1. The molecule has 3 N–H and O–H groups in total. The van der Waals surface area contributed by atoms with Gasteiger partial charge in [-0.15, -0.1) is 0 Å². The van der Waals surface area contributed by atoms with Gasteiger partial charge in [-0.05, 0) is 18.5 Å². The highest BCUT2D eigenvalue weighted by molar-refractivity contribution is 6.46. The average molecular weight is 425 g/mol. The summed E-state index contributed by atoms with van der Waals surface area (Å²) in [7, 11) is 0. The molecule has 0 bridgehead atoms. The summed E-state index contributed by atoms with van der Waals surface area (Å²) in [4.78, 5) is 37.7. The first-order valence-corrected chi connectivity index (χ1v) is 9.85. The van der Waals surface area contributed by atoms with Gasteiger partial charge in [0.25, 0.3) is 17.4 Å². The van der Waals surface area contributed by atoms with Crippen LogP contribution in [0.15, 0.2) is 60.2 Å². The van der Waals surface area contributed by atoms with E-state index in [4.69, 9.17) is 5.11 Å². The van der Waals surface area contributed by atoms with Gasteiger partial charge in [0.15, 0.2) is 0 Å². The van der Waals surface area contributed by atoms with Crippen molar-refractivity contribution >= 4 is 23.1 Å². The van der Waals surface area contributed by atoms with E-state index >= 15 is 0 Å². The smallest absolute Gasteiger partial charge is 0.295 e. The maximum absolute atomic E-state index is 12.9. The second-order valence-corrected chi connectivity index (χ2v) is 7.04. The molecule has 0 aromatic heterocycles. The summed E-state index contributed by atoms with van der Waals surface area (Å²) in [5.41, 5.74) is 0.474. The van der Waals surface area contributed by atoms with Crippen LogP contribution in [-0.2, 0) is 9.59 Å². The Labute approximate surface area is 178 Å². The van der Waals surface area contributed by atoms with Gasteiger partial charge < -0.3 is 20.4 Å². The molecule has 1 aliphatic rings. The summed E-state index contributed by atoms with van der Waals surface area (Å²) in [6.07, 6.45) is 0.490. The fourth-order valence-corrected chi connectivity index (χ4v) is 3.60. The number of non-ortho nitro benzene ring substituents is 1. The van der Waals surface area contributed by atoms with Gasteiger partial charge in [-0.3, -0.25) is 19.7 Å². The number of nitrogens with zero attached hydrogens (tertiary/aromatic N) is 2. The van der Waals surface area contributed by atoms with Gasteiger partial charge in [-0.1, -0.05) is 42.5 Å². The fourth-order valence-electron chi connectivity index (χ4n) is 3.60. The van der Waals surface area contributed by atoms with Gasteiger partial charge >= 0.3 is 0 Å². The molecule has 1 saturated heterocycles. The van der Waals surface area contributed by atoms with E-state index in [-0.39, 0.29) is 30.2 Å². The van der Waals surface area contributed by atoms with E-state index in [1.807, 2.05) is 0 Å². The number of nitrogens with one attached hydrogen (secondary N) is 1. The second kappa shape index (κ2) is 9.96. The molecule has 0 aliphatic carbocycles. The lowest BCUT2D eigenvalue weighted by molar-refractivity contribution is -0.384. The van der Waals surface area contributed by atoms with E-state index in [2.05, 4.69) is 5.32 Å². The zero-order chi connectivity index (χ0) is 22.4. The van der Waals surface area contributed by atoms with Crippen molar-refractivity contribution in [3.05, 3.63) is 81.4 Å². The first kappa shape index (κ1) is 22.1. The molecule has 9 nitrogen and oxygen atoms in total. The number of rotatable bonds is 9. The third-order valence-corrected chi connectivity index (χ3v) is 5.03. The van der Waals surface area contributed by atoms with Crippen LogP contribution >= 0.6 is 0 Å². The number of ketones is 1. The third kappa shape index (κ3) is 4.79. The first-order chi connectivity index (χ1) is 15.0. The number of likely N-dealkylation sites (tertiary alicyclic amines) is 1. The molecule has 3 rings (SSSR count). The lowest BCUT2D eigenvalue weighted by atomic mass is 9.95. The molecule has 2 aromatic carbocycles. The molecule has 1 atom stereocenters. The van der Waals surface area contributed by atoms with Crippen molar-refractivity contribution in [2.45, 2.75) is 12.5 Å². The summed E-state index contributed by atoms with van der Waals surface area (Å²) < 4.78 is 0. The zero-order valence-corrected chi connectivity index (χ0v) is 16.7. The number of carbonyl (C=O) groups excluding carboxylic acids is 2. The molecule has 1 heterocycles. The summed E-state index contributed by atoms with van der Waals surface area (Å²) in [6, 6.07) is 13.2. The van der Waals surface area contributed by atoms with E-state index in [9.17, 15) is 24.8 Å². The number of benzene rings is 2. The Morgan fingerprint density at radius 3 is 2.52 bits per heavy atom. The molecular formula is C22H23N3O6. The van der Waals surface area contributed by atoms with Crippen molar-refractivity contribution in [3.63, 3.8) is 0 Å². The molecule has 2 aromatic rings. The number of hydrogen-bond donors (Lipinski definition) is 3. The van der Waals surface area contributed by atoms with Crippen molar-refractivity contribution in [2.75, 3.05) is 26.2 Å². The van der Waals surface area contributed by atoms with Crippen LogP contribution in [0.25, 0.3) is 5.76 Å². The van der Waals surface area contributed by atoms with E-state index in [1.54, 1.807) is 36.4 Å². The van der Waals surface area contributed by atoms with Crippen LogP contribution in [0, 0.1) is 10.1 Å². The highest BCUT2D eigenvalue weighted by atomic mass is 16.6. The van der Waals surface area contributed by atoms with Crippen LogP contribution in [0.5, 0.6) is 0 Å². The van der Waals surface area contributed by atoms with Gasteiger partial charge in [0.1, 0.15) is 5.76 Å². The topological polar surface area (TPSA) is 133 Å². The van der Waals surface area contributed by atoms with Crippen LogP contribution in [0.4, 0.5) is 5.69 Å². The molecule has 1 aliphatic heterocycles. The maximum Gasteiger partial charge on any atom is 0.295 e. The molecular weight excluding hydrogens is 402 g/mol. The minimum atomic E-state index is -0.946. The number of amides is 1. The highest BCUT2D eigenvalue weighted by Crippen LogP contribution is 2.40. The average Bonchev–Trinajstić information content (AvgIpc) is 3.04. The van der Waals surface area contributed by atoms with Crippen LogP contribution in [0.1, 0.15) is 23.6 Å². The Bertz CT molecular complexity index is 1010. The lowest BCUT2D eigenvalue weighted by Gasteiger charge is -2.25. The number of Topliss-reactive ketones (excluding diaryl/α,β-unsaturated/α-hetero) is 1. The van der Waals surface area contributed by atoms with Gasteiger partial charge in [-0.25, -0.2) is 0 Å². The van der Waals surface area contributed by atoms with Crippen molar-refractivity contribution in [1.29, 1.82) is 0 Å². The predicted octanol–water partition coefficient (Wildman–Crippen LogP) is 1.99. The molecule has 0 spiro atoms. The largest absolute Gasteiger partial charge is 0.507 e. The summed E-state index contributed by atoms with van der Waals surface area (Å²) in [5.74, 6) is -1.92. The second-order valence-electron chi connectivity index (χ2n) is 7.04. The summed E-state index contributed by atoms with van der Waals surface area (Å²) >= 11 is 0. The normalized spacial score (nSPS) is 17.8. The number of aliphatic hydroxyl groups excluding tert-OH is 2. The van der Waals surface area contributed by atoms with E-state index < -0.39 is 22.7 Å². The van der Waals surface area contributed by atoms with Crippen molar-refractivity contribution in [3.8, 4) is 0 Å². The Morgan fingerprint density at radius 1 is 1.10 bits per heavy atom. The van der Waals surface area contributed by atoms with Crippen molar-refractivity contribution in [2.24, 2.45) is 0 Å². The van der Waals surface area contributed by atoms with Gasteiger partial charge in [0, 0.05) is 30.8 Å². The molecule has 1 amide bonds. The van der Waals surface area contributed by atoms with Crippen molar-refractivity contribution < 1.29 is 24.7 Å². The highest BCUT2D eigenvalue weighted by Gasteiger charge is 2.46. The fraction of sp³-hybridized carbons (Fsp3) is 0.273. The molecule has 0 saturated carbocycles. The van der Waals surface area contributed by atoms with E-state index in [1.165, 1.54) is 23.1 Å². The summed E-state index contributed by atoms with van der Waals surface area (Å²) in [6.45, 7) is 1.09. The van der Waals surface area contributed by atoms with Gasteiger partial charge in [-0.2, -0.15) is 0 Å². The number of hydrogen-bond acceptors (Lipinski definition) is 7. The van der Waals surface area contributed by atoms with Crippen LogP contribution in [0.3, 0.4) is 0 Å². The molecule has 9 heteroatoms. The molecule has 0 radical (unpaired) electrons. The lowest BCUT2D eigenvalue weighted by Crippen LogP contribution is -2.32. The minimum absolute atomic E-state index is 0.0186. The zero-order valence-electron chi connectivity index (χ0n) is 16.7. The third-order valence-electron chi connectivity index (χ3n) is 5.03. The molecule has 1 fully saturated rings. The Morgan fingerprint density at radius 2 is 1.84 bits per heavy atom. The minimum Gasteiger partial charge on any atom is -0.507 e. The van der Waals surface area contributed by atoms with E-state index in [0.717, 1.165) is 0 Å². The van der Waals surface area contributed by atoms with Crippen LogP contribution in [0.2, 0.25) is 0 Å². The number of nitro benzene ring substituents is 1. The Hall–Kier alpha value is -3.56. The standard InChI is InChI=1S/C22H23N3O6/c26-13-11-23-10-5-12-24-19(16-8-4-9-17(14-16)25(30)31)18(21(28)22(24)29)20(27)15-6-2-1-3-7-15/h1-4,6-9,14,19,23,26-27H,5,10-13H2/t19-/m1/s1.